The minimum absolute atomic E-state index is 0.0614. The summed E-state index contributed by atoms with van der Waals surface area (Å²) in [6.45, 7) is 3.79. The monoisotopic (exact) mass is 512 g/mol. The van der Waals surface area contributed by atoms with Gasteiger partial charge in [-0.1, -0.05) is 5.16 Å². The maximum absolute atomic E-state index is 16.1. The van der Waals surface area contributed by atoms with Crippen LogP contribution in [0.2, 0.25) is 0 Å². The number of morpholine rings is 1. The highest BCUT2D eigenvalue weighted by atomic mass is 32.2. The number of rotatable bonds is 2. The molecular formula is C23H21FN6O5S. The predicted octanol–water partition coefficient (Wildman–Crippen LogP) is 2.04. The zero-order valence-electron chi connectivity index (χ0n) is 19.5. The molecule has 3 aliphatic rings. The lowest BCUT2D eigenvalue weighted by Crippen LogP contribution is -2.75. The first-order valence-corrected chi connectivity index (χ1v) is 12.5. The SMILES string of the molecule is CSc1cnc(-c2noc3c(F)c4c(cc23)CC2(C(=O)NC(=O)NC2=O)[C@H]2[C@H](C)O[C@H](C)CN42)cn1. The van der Waals surface area contributed by atoms with Gasteiger partial charge >= 0.3 is 6.03 Å². The second-order valence-corrected chi connectivity index (χ2v) is 10.0. The number of nitrogens with one attached hydrogen (secondary N) is 2. The lowest BCUT2D eigenvalue weighted by Gasteiger charge is -2.55. The lowest BCUT2D eigenvalue weighted by molar-refractivity contribution is -0.153. The molecule has 3 aromatic rings. The molecule has 5 heterocycles. The number of fused-ring (bicyclic) bond motifs is 5. The Morgan fingerprint density at radius 1 is 1.17 bits per heavy atom. The Morgan fingerprint density at radius 2 is 1.92 bits per heavy atom. The van der Waals surface area contributed by atoms with Crippen molar-refractivity contribution >= 4 is 46.3 Å². The summed E-state index contributed by atoms with van der Waals surface area (Å²) in [6.07, 6.45) is 3.91. The Hall–Kier alpha value is -3.58. The number of amides is 4. The number of anilines is 1. The summed E-state index contributed by atoms with van der Waals surface area (Å²) in [5.74, 6) is -2.14. The van der Waals surface area contributed by atoms with Crippen molar-refractivity contribution in [1.29, 1.82) is 0 Å². The van der Waals surface area contributed by atoms with Gasteiger partial charge < -0.3 is 14.2 Å². The van der Waals surface area contributed by atoms with Crippen LogP contribution in [0.15, 0.2) is 28.0 Å². The van der Waals surface area contributed by atoms with Gasteiger partial charge in [0.25, 0.3) is 0 Å². The van der Waals surface area contributed by atoms with Gasteiger partial charge in [-0.2, -0.15) is 0 Å². The van der Waals surface area contributed by atoms with E-state index in [1.54, 1.807) is 24.1 Å². The third-order valence-electron chi connectivity index (χ3n) is 7.04. The Kier molecular flexibility index (Phi) is 5.06. The second-order valence-electron chi connectivity index (χ2n) is 9.18. The summed E-state index contributed by atoms with van der Waals surface area (Å²) < 4.78 is 27.5. The highest BCUT2D eigenvalue weighted by Gasteiger charge is 2.63. The molecule has 11 nitrogen and oxygen atoms in total. The summed E-state index contributed by atoms with van der Waals surface area (Å²) in [5, 5.41) is 9.56. The Bertz CT molecular complexity index is 1420. The van der Waals surface area contributed by atoms with Crippen molar-refractivity contribution in [3.63, 3.8) is 0 Å². The maximum Gasteiger partial charge on any atom is 0.328 e. The minimum Gasteiger partial charge on any atom is -0.372 e. The van der Waals surface area contributed by atoms with Gasteiger partial charge in [-0.15, -0.1) is 11.8 Å². The molecule has 3 atom stereocenters. The van der Waals surface area contributed by atoms with Crippen molar-refractivity contribution < 1.29 is 28.0 Å². The molecule has 36 heavy (non-hydrogen) atoms. The highest BCUT2D eigenvalue weighted by molar-refractivity contribution is 7.98. The van der Waals surface area contributed by atoms with E-state index in [1.165, 1.54) is 18.0 Å². The quantitative estimate of drug-likeness (QED) is 0.387. The van der Waals surface area contributed by atoms with Crippen LogP contribution < -0.4 is 15.5 Å². The molecule has 2 aromatic heterocycles. The third kappa shape index (κ3) is 3.08. The second kappa shape index (κ2) is 7.96. The van der Waals surface area contributed by atoms with Crippen LogP contribution in [0.4, 0.5) is 14.9 Å². The number of ether oxygens (including phenoxy) is 1. The molecule has 6 rings (SSSR count). The van der Waals surface area contributed by atoms with Crippen LogP contribution >= 0.6 is 11.8 Å². The molecule has 0 unspecified atom stereocenters. The zero-order chi connectivity index (χ0) is 25.4. The number of carbonyl (C=O) groups is 3. The average molecular weight is 513 g/mol. The van der Waals surface area contributed by atoms with Gasteiger partial charge in [0.1, 0.15) is 16.4 Å². The maximum atomic E-state index is 16.1. The number of halogens is 1. The Balaban J connectivity index is 1.57. The molecule has 1 aromatic carbocycles. The van der Waals surface area contributed by atoms with Gasteiger partial charge in [-0.3, -0.25) is 25.2 Å². The number of aromatic nitrogens is 3. The van der Waals surface area contributed by atoms with Crippen LogP contribution in [0, 0.1) is 11.2 Å². The van der Waals surface area contributed by atoms with E-state index >= 15 is 4.39 Å². The lowest BCUT2D eigenvalue weighted by atomic mass is 9.66. The summed E-state index contributed by atoms with van der Waals surface area (Å²) >= 11 is 1.43. The predicted molar refractivity (Wildman–Crippen MR) is 126 cm³/mol. The summed E-state index contributed by atoms with van der Waals surface area (Å²) in [4.78, 5) is 48.9. The fourth-order valence-corrected chi connectivity index (χ4v) is 5.99. The van der Waals surface area contributed by atoms with Crippen LogP contribution in [-0.4, -0.2) is 64.0 Å². The number of carbonyl (C=O) groups excluding carboxylic acids is 3. The van der Waals surface area contributed by atoms with E-state index < -0.39 is 41.2 Å². The molecule has 13 heteroatoms. The molecule has 0 saturated carbocycles. The normalized spacial score (nSPS) is 24.9. The van der Waals surface area contributed by atoms with Crippen LogP contribution in [0.5, 0.6) is 0 Å². The largest absolute Gasteiger partial charge is 0.372 e. The van der Waals surface area contributed by atoms with E-state index in [0.29, 0.717) is 27.4 Å². The molecule has 0 aliphatic carbocycles. The fraction of sp³-hybridized carbons (Fsp3) is 0.391. The van der Waals surface area contributed by atoms with Crippen molar-refractivity contribution in [3.05, 3.63) is 29.8 Å². The Labute approximate surface area is 208 Å². The number of nitrogens with zero attached hydrogens (tertiary/aromatic N) is 4. The molecule has 1 spiro atoms. The van der Waals surface area contributed by atoms with Crippen molar-refractivity contribution in [3.8, 4) is 11.4 Å². The molecule has 3 aliphatic heterocycles. The molecule has 0 bridgehead atoms. The van der Waals surface area contributed by atoms with Crippen molar-refractivity contribution in [2.75, 3.05) is 17.7 Å². The topological polar surface area (TPSA) is 140 Å². The van der Waals surface area contributed by atoms with Gasteiger partial charge in [0.05, 0.1) is 41.7 Å². The van der Waals surface area contributed by atoms with Crippen molar-refractivity contribution in [2.45, 2.75) is 43.5 Å². The molecule has 4 amide bonds. The third-order valence-corrected chi connectivity index (χ3v) is 7.67. The highest BCUT2D eigenvalue weighted by Crippen LogP contribution is 2.49. The molecule has 2 N–H and O–H groups in total. The minimum atomic E-state index is -1.71. The summed E-state index contributed by atoms with van der Waals surface area (Å²) in [5.41, 5.74) is -0.452. The van der Waals surface area contributed by atoms with Gasteiger partial charge in [-0.05, 0) is 31.7 Å². The summed E-state index contributed by atoms with van der Waals surface area (Å²) in [6, 6.07) is -0.0710. The number of benzene rings is 1. The van der Waals surface area contributed by atoms with E-state index in [0.717, 1.165) is 0 Å². The van der Waals surface area contributed by atoms with Gasteiger partial charge in [0.15, 0.2) is 11.2 Å². The number of barbiturate groups is 1. The number of imide groups is 2. The van der Waals surface area contributed by atoms with Crippen LogP contribution in [0.25, 0.3) is 22.4 Å². The summed E-state index contributed by atoms with van der Waals surface area (Å²) in [7, 11) is 0. The average Bonchev–Trinajstić information content (AvgIpc) is 3.26. The number of urea groups is 1. The molecule has 2 fully saturated rings. The van der Waals surface area contributed by atoms with E-state index in [1.807, 2.05) is 13.2 Å². The smallest absolute Gasteiger partial charge is 0.328 e. The number of hydrogen-bond donors (Lipinski definition) is 2. The van der Waals surface area contributed by atoms with Crippen molar-refractivity contribution in [1.82, 2.24) is 25.8 Å². The molecule has 186 valence electrons. The first-order chi connectivity index (χ1) is 17.2. The van der Waals surface area contributed by atoms with Gasteiger partial charge in [-0.25, -0.2) is 14.2 Å². The van der Waals surface area contributed by atoms with E-state index in [-0.39, 0.29) is 30.3 Å². The van der Waals surface area contributed by atoms with E-state index in [4.69, 9.17) is 9.26 Å². The number of thioether (sulfide) groups is 1. The van der Waals surface area contributed by atoms with Crippen LogP contribution in [0.3, 0.4) is 0 Å². The molecule has 2 saturated heterocycles. The zero-order valence-corrected chi connectivity index (χ0v) is 20.3. The van der Waals surface area contributed by atoms with E-state index in [2.05, 4.69) is 25.8 Å². The first-order valence-electron chi connectivity index (χ1n) is 11.3. The molecule has 0 radical (unpaired) electrons. The van der Waals surface area contributed by atoms with E-state index in [9.17, 15) is 14.4 Å². The molecular weight excluding hydrogens is 491 g/mol. The Morgan fingerprint density at radius 3 is 2.58 bits per heavy atom. The van der Waals surface area contributed by atoms with Gasteiger partial charge in [0, 0.05) is 13.0 Å². The fourth-order valence-electron chi connectivity index (χ4n) is 5.68. The standard InChI is InChI=1S/C23H21FN6O5S/c1-9-8-30-17-11(5-23(19(30)10(2)34-9)20(31)27-22(33)28-21(23)32)4-12-16(29-35-18(12)15(17)24)13-6-26-14(36-3)7-25-13/h4,6-7,9-10,19H,5,8H2,1-3H3,(H2,27,28,31,32,33)/t9-,10+,19-/m1/s1. The first kappa shape index (κ1) is 22.9. The number of hydrogen-bond acceptors (Lipinski definition) is 10. The van der Waals surface area contributed by atoms with Crippen LogP contribution in [-0.2, 0) is 20.7 Å². The van der Waals surface area contributed by atoms with Gasteiger partial charge in [0.2, 0.25) is 17.4 Å². The van der Waals surface area contributed by atoms with Crippen molar-refractivity contribution in [2.24, 2.45) is 5.41 Å². The van der Waals surface area contributed by atoms with Crippen LogP contribution in [0.1, 0.15) is 19.4 Å².